The molecule has 1 unspecified atom stereocenters. The van der Waals surface area contributed by atoms with Gasteiger partial charge in [-0.2, -0.15) is 0 Å². The highest BCUT2D eigenvalue weighted by Crippen LogP contribution is 2.26. The summed E-state index contributed by atoms with van der Waals surface area (Å²) in [5, 5.41) is 11.2. The van der Waals surface area contributed by atoms with Crippen molar-refractivity contribution in [3.8, 4) is 11.5 Å². The molecule has 0 fully saturated rings. The zero-order chi connectivity index (χ0) is 18.5. The van der Waals surface area contributed by atoms with Crippen molar-refractivity contribution in [1.29, 1.82) is 0 Å². The number of hydrogen-bond donors (Lipinski definition) is 1. The van der Waals surface area contributed by atoms with Gasteiger partial charge in [0.25, 0.3) is 0 Å². The van der Waals surface area contributed by atoms with Gasteiger partial charge in [-0.15, -0.1) is 0 Å². The van der Waals surface area contributed by atoms with Gasteiger partial charge in [-0.25, -0.2) is 9.86 Å². The summed E-state index contributed by atoms with van der Waals surface area (Å²) in [7, 11) is 0. The monoisotopic (exact) mass is 355 g/mol. The maximum absolute atomic E-state index is 11.6. The van der Waals surface area contributed by atoms with E-state index in [1.54, 1.807) is 44.2 Å². The molecule has 2 aromatic carbocycles. The van der Waals surface area contributed by atoms with Gasteiger partial charge in [0.1, 0.15) is 11.5 Å². The minimum atomic E-state index is -0.688. The lowest BCUT2D eigenvalue weighted by molar-refractivity contribution is -0.150. The normalized spacial score (nSPS) is 14.1. The van der Waals surface area contributed by atoms with E-state index in [2.05, 4.69) is 0 Å². The lowest BCUT2D eigenvalue weighted by Crippen LogP contribution is -2.26. The Bertz CT molecular complexity index is 800. The first-order valence-corrected chi connectivity index (χ1v) is 8.44. The van der Waals surface area contributed by atoms with Crippen molar-refractivity contribution in [3.63, 3.8) is 0 Å². The van der Waals surface area contributed by atoms with Crippen LogP contribution in [0.2, 0.25) is 0 Å². The number of nitrogens with zero attached hydrogens (tertiary/aromatic N) is 1. The Morgan fingerprint density at radius 1 is 1.15 bits per heavy atom. The van der Waals surface area contributed by atoms with Crippen molar-refractivity contribution in [2.75, 3.05) is 6.61 Å². The highest BCUT2D eigenvalue weighted by Gasteiger charge is 2.18. The summed E-state index contributed by atoms with van der Waals surface area (Å²) in [5.74, 6) is 1.01. The molecule has 0 saturated heterocycles. The molecule has 0 aliphatic carbocycles. The van der Waals surface area contributed by atoms with Gasteiger partial charge < -0.3 is 14.2 Å². The molecule has 1 aliphatic rings. The molecule has 0 bridgehead atoms. The smallest absolute Gasteiger partial charge is 0.347 e. The SMILES string of the molecule is CCOC(=O)C(C)Oc1ccc(OC2=Cc3ccccc3CN2O)cc1. The first-order chi connectivity index (χ1) is 12.6. The van der Waals surface area contributed by atoms with Crippen LogP contribution in [0.25, 0.3) is 6.08 Å². The second-order valence-corrected chi connectivity index (χ2v) is 5.82. The molecule has 6 nitrogen and oxygen atoms in total. The van der Waals surface area contributed by atoms with Gasteiger partial charge in [-0.3, -0.25) is 5.21 Å². The summed E-state index contributed by atoms with van der Waals surface area (Å²) in [5.41, 5.74) is 2.04. The molecule has 136 valence electrons. The van der Waals surface area contributed by atoms with Gasteiger partial charge >= 0.3 is 5.97 Å². The molecule has 6 heteroatoms. The number of hydrogen-bond acceptors (Lipinski definition) is 6. The van der Waals surface area contributed by atoms with Gasteiger partial charge in [0.15, 0.2) is 6.10 Å². The molecule has 1 aliphatic heterocycles. The molecule has 1 atom stereocenters. The third kappa shape index (κ3) is 4.15. The third-order valence-electron chi connectivity index (χ3n) is 3.89. The van der Waals surface area contributed by atoms with Crippen LogP contribution in [0.5, 0.6) is 11.5 Å². The molecule has 0 amide bonds. The highest BCUT2D eigenvalue weighted by atomic mass is 16.6. The maximum Gasteiger partial charge on any atom is 0.347 e. The zero-order valence-electron chi connectivity index (χ0n) is 14.7. The second-order valence-electron chi connectivity index (χ2n) is 5.82. The number of hydroxylamine groups is 2. The minimum absolute atomic E-state index is 0.315. The molecule has 0 radical (unpaired) electrons. The van der Waals surface area contributed by atoms with E-state index in [1.807, 2.05) is 24.3 Å². The van der Waals surface area contributed by atoms with E-state index < -0.39 is 12.1 Å². The van der Waals surface area contributed by atoms with Crippen LogP contribution >= 0.6 is 0 Å². The standard InChI is InChI=1S/C20H21NO5/c1-3-24-20(22)14(2)25-17-8-10-18(11-9-17)26-19-12-15-6-4-5-7-16(15)13-21(19)23/h4-12,14,23H,3,13H2,1-2H3. The number of carbonyl (C=O) groups excluding carboxylic acids is 1. The Morgan fingerprint density at radius 2 is 1.85 bits per heavy atom. The van der Waals surface area contributed by atoms with E-state index in [1.165, 1.54) is 0 Å². The summed E-state index contributed by atoms with van der Waals surface area (Å²) in [6, 6.07) is 14.6. The Balaban J connectivity index is 1.66. The molecule has 0 spiro atoms. The van der Waals surface area contributed by atoms with Crippen LogP contribution in [0, 0.1) is 0 Å². The molecular weight excluding hydrogens is 334 g/mol. The molecule has 26 heavy (non-hydrogen) atoms. The molecular formula is C20H21NO5. The van der Waals surface area contributed by atoms with Gasteiger partial charge in [0.05, 0.1) is 13.2 Å². The maximum atomic E-state index is 11.6. The van der Waals surface area contributed by atoms with Crippen molar-refractivity contribution in [2.45, 2.75) is 26.5 Å². The Hall–Kier alpha value is -2.99. The average molecular weight is 355 g/mol. The summed E-state index contributed by atoms with van der Waals surface area (Å²) >= 11 is 0. The number of fused-ring (bicyclic) bond motifs is 1. The predicted molar refractivity (Wildman–Crippen MR) is 95.5 cm³/mol. The number of rotatable bonds is 6. The molecule has 3 rings (SSSR count). The summed E-state index contributed by atoms with van der Waals surface area (Å²) in [6.45, 7) is 4.06. The number of ether oxygens (including phenoxy) is 3. The van der Waals surface area contributed by atoms with E-state index in [9.17, 15) is 10.0 Å². The first kappa shape index (κ1) is 17.8. The predicted octanol–water partition coefficient (Wildman–Crippen LogP) is 3.60. The summed E-state index contributed by atoms with van der Waals surface area (Å²) in [6.07, 6.45) is 1.10. The van der Waals surface area contributed by atoms with E-state index in [-0.39, 0.29) is 0 Å². The van der Waals surface area contributed by atoms with E-state index in [0.29, 0.717) is 30.5 Å². The molecule has 0 saturated carbocycles. The van der Waals surface area contributed by atoms with E-state index >= 15 is 0 Å². The topological polar surface area (TPSA) is 68.2 Å². The fourth-order valence-corrected chi connectivity index (χ4v) is 2.57. The fraction of sp³-hybridized carbons (Fsp3) is 0.250. The second kappa shape index (κ2) is 7.93. The van der Waals surface area contributed by atoms with Gasteiger partial charge in [0, 0.05) is 6.08 Å². The number of esters is 1. The molecule has 1 heterocycles. The van der Waals surface area contributed by atoms with E-state index in [0.717, 1.165) is 16.2 Å². The Kier molecular flexibility index (Phi) is 5.43. The summed E-state index contributed by atoms with van der Waals surface area (Å²) in [4.78, 5) is 11.6. The third-order valence-corrected chi connectivity index (χ3v) is 3.89. The summed E-state index contributed by atoms with van der Waals surface area (Å²) < 4.78 is 16.2. The highest BCUT2D eigenvalue weighted by molar-refractivity contribution is 5.74. The van der Waals surface area contributed by atoms with Crippen LogP contribution in [0.15, 0.2) is 54.4 Å². The average Bonchev–Trinajstić information content (AvgIpc) is 2.64. The van der Waals surface area contributed by atoms with Crippen molar-refractivity contribution in [1.82, 2.24) is 5.06 Å². The number of carbonyl (C=O) groups is 1. The minimum Gasteiger partial charge on any atom is -0.479 e. The van der Waals surface area contributed by atoms with Crippen molar-refractivity contribution in [3.05, 3.63) is 65.5 Å². The molecule has 0 aromatic heterocycles. The fourth-order valence-electron chi connectivity index (χ4n) is 2.57. The van der Waals surface area contributed by atoms with Gasteiger partial charge in [-0.1, -0.05) is 24.3 Å². The quantitative estimate of drug-likeness (QED) is 0.799. The van der Waals surface area contributed by atoms with Crippen LogP contribution < -0.4 is 9.47 Å². The van der Waals surface area contributed by atoms with Crippen LogP contribution in [-0.2, 0) is 16.1 Å². The van der Waals surface area contributed by atoms with E-state index in [4.69, 9.17) is 14.2 Å². The van der Waals surface area contributed by atoms with Gasteiger partial charge in [0.2, 0.25) is 5.88 Å². The van der Waals surface area contributed by atoms with Crippen molar-refractivity contribution >= 4 is 12.0 Å². The largest absolute Gasteiger partial charge is 0.479 e. The van der Waals surface area contributed by atoms with Crippen LogP contribution in [0.4, 0.5) is 0 Å². The lowest BCUT2D eigenvalue weighted by Gasteiger charge is -2.25. The van der Waals surface area contributed by atoms with Crippen LogP contribution in [0.1, 0.15) is 25.0 Å². The molecule has 2 aromatic rings. The van der Waals surface area contributed by atoms with Crippen molar-refractivity contribution < 1.29 is 24.2 Å². The zero-order valence-corrected chi connectivity index (χ0v) is 14.7. The van der Waals surface area contributed by atoms with Crippen LogP contribution in [-0.4, -0.2) is 29.0 Å². The first-order valence-electron chi connectivity index (χ1n) is 8.44. The van der Waals surface area contributed by atoms with Crippen molar-refractivity contribution in [2.24, 2.45) is 0 Å². The van der Waals surface area contributed by atoms with Crippen LogP contribution in [0.3, 0.4) is 0 Å². The Morgan fingerprint density at radius 3 is 2.58 bits per heavy atom. The lowest BCUT2D eigenvalue weighted by atomic mass is 10.1. The number of benzene rings is 2. The molecule has 1 N–H and O–H groups in total. The van der Waals surface area contributed by atoms with Gasteiger partial charge in [-0.05, 0) is 49.2 Å². The Labute approximate surface area is 152 Å².